The average Bonchev–Trinajstić information content (AvgIpc) is 3.09. The third-order valence-corrected chi connectivity index (χ3v) is 9.34. The first-order valence-electron chi connectivity index (χ1n) is 20.7. The van der Waals surface area contributed by atoms with Crippen LogP contribution < -0.4 is 0 Å². The largest absolute Gasteiger partial charge is 0.480 e. The van der Waals surface area contributed by atoms with Crippen LogP contribution in [0.4, 0.5) is 0 Å². The second-order valence-electron chi connectivity index (χ2n) is 14.1. The van der Waals surface area contributed by atoms with Crippen LogP contribution in [0.1, 0.15) is 187 Å². The molecule has 0 unspecified atom stereocenters. The molecule has 0 saturated carbocycles. The number of ether oxygens (including phenoxy) is 2. The van der Waals surface area contributed by atoms with Crippen LogP contribution in [0.25, 0.3) is 0 Å². The molecule has 0 aromatic carbocycles. The Kier molecular flexibility index (Phi) is 36.3. The van der Waals surface area contributed by atoms with Crippen LogP contribution in [0.5, 0.6) is 0 Å². The molecule has 0 heterocycles. The van der Waals surface area contributed by atoms with Crippen LogP contribution in [0.2, 0.25) is 0 Å². The third kappa shape index (κ3) is 34.5. The van der Waals surface area contributed by atoms with Gasteiger partial charge in [0.05, 0.1) is 13.2 Å². The van der Waals surface area contributed by atoms with Gasteiger partial charge in [0, 0.05) is 26.5 Å². The Morgan fingerprint density at radius 3 is 1.35 bits per heavy atom. The van der Waals surface area contributed by atoms with Gasteiger partial charge in [-0.1, -0.05) is 140 Å². The van der Waals surface area contributed by atoms with Gasteiger partial charge in [-0.15, -0.1) is 0 Å². The molecule has 0 aromatic rings. The van der Waals surface area contributed by atoms with Crippen molar-refractivity contribution in [3.05, 3.63) is 48.6 Å². The van der Waals surface area contributed by atoms with E-state index in [2.05, 4.69) is 62.5 Å². The summed E-state index contributed by atoms with van der Waals surface area (Å²) in [7, 11) is 3.66. The molecule has 5 heteroatoms. The zero-order chi connectivity index (χ0) is 35.9. The zero-order valence-electron chi connectivity index (χ0n) is 33.0. The van der Waals surface area contributed by atoms with Gasteiger partial charge in [0.15, 0.2) is 5.79 Å². The third-order valence-electron chi connectivity index (χ3n) is 9.34. The molecule has 0 spiro atoms. The summed E-state index contributed by atoms with van der Waals surface area (Å²) in [4.78, 5) is 12.8. The number of rotatable bonds is 38. The van der Waals surface area contributed by atoms with Crippen LogP contribution in [0.15, 0.2) is 48.6 Å². The van der Waals surface area contributed by atoms with Crippen molar-refractivity contribution in [2.45, 2.75) is 193 Å². The molecule has 0 saturated heterocycles. The van der Waals surface area contributed by atoms with E-state index in [0.29, 0.717) is 13.2 Å². The molecule has 0 aliphatic heterocycles. The monoisotopic (exact) mass is 688 g/mol. The Labute approximate surface area is 305 Å². The first-order valence-corrected chi connectivity index (χ1v) is 20.7. The second-order valence-corrected chi connectivity index (χ2v) is 14.1. The summed E-state index contributed by atoms with van der Waals surface area (Å²) in [6.07, 6.45) is 51.2. The minimum Gasteiger partial charge on any atom is -0.480 e. The van der Waals surface area contributed by atoms with Crippen LogP contribution in [0, 0.1) is 0 Å². The van der Waals surface area contributed by atoms with Crippen molar-refractivity contribution >= 4 is 5.97 Å². The predicted octanol–water partition coefficient (Wildman–Crippen LogP) is 13.2. The number of likely N-dealkylation sites (N-methyl/N-ethyl adjacent to an activating group) is 1. The summed E-state index contributed by atoms with van der Waals surface area (Å²) in [5, 5.41) is 9.04. The van der Waals surface area contributed by atoms with Gasteiger partial charge in [0.25, 0.3) is 0 Å². The number of carbonyl (C=O) groups is 1. The van der Waals surface area contributed by atoms with E-state index in [1.54, 1.807) is 0 Å². The molecular weight excluding hydrogens is 606 g/mol. The fourth-order valence-electron chi connectivity index (χ4n) is 6.20. The van der Waals surface area contributed by atoms with Crippen LogP contribution >= 0.6 is 0 Å². The van der Waals surface area contributed by atoms with E-state index < -0.39 is 11.8 Å². The highest BCUT2D eigenvalue weighted by Crippen LogP contribution is 2.28. The Bertz CT molecular complexity index is 770. The molecular formula is C44H81NO4. The Hall–Kier alpha value is -1.69. The average molecular weight is 688 g/mol. The van der Waals surface area contributed by atoms with Gasteiger partial charge in [-0.3, -0.25) is 9.69 Å². The fourth-order valence-corrected chi connectivity index (χ4v) is 6.20. The van der Waals surface area contributed by atoms with Gasteiger partial charge < -0.3 is 14.6 Å². The summed E-state index contributed by atoms with van der Waals surface area (Å²) in [6, 6.07) is 0. The van der Waals surface area contributed by atoms with Gasteiger partial charge in [0.1, 0.15) is 0 Å². The van der Waals surface area contributed by atoms with Crippen LogP contribution in [-0.2, 0) is 14.3 Å². The van der Waals surface area contributed by atoms with Gasteiger partial charge in [-0.2, -0.15) is 0 Å². The van der Waals surface area contributed by atoms with Crippen molar-refractivity contribution in [3.8, 4) is 0 Å². The molecule has 0 rings (SSSR count). The molecule has 0 radical (unpaired) electrons. The van der Waals surface area contributed by atoms with E-state index in [1.807, 2.05) is 19.1 Å². The number of hydrogen-bond acceptors (Lipinski definition) is 4. The highest BCUT2D eigenvalue weighted by molar-refractivity contribution is 5.68. The molecule has 1 N–H and O–H groups in total. The predicted molar refractivity (Wildman–Crippen MR) is 213 cm³/mol. The van der Waals surface area contributed by atoms with Crippen LogP contribution in [0.3, 0.4) is 0 Å². The SMILES string of the molecule is CCCCCC=CCC=CCCCCCCCCC(CCCCCCCCC=CCC=CCCCCC)(OC)OCCCN(C)CC(=O)O. The van der Waals surface area contributed by atoms with E-state index in [-0.39, 0.29) is 6.54 Å². The number of aliphatic carboxylic acids is 1. The lowest BCUT2D eigenvalue weighted by atomic mass is 9.98. The number of carboxylic acid groups (broad SMARTS) is 1. The van der Waals surface area contributed by atoms with Crippen LogP contribution in [-0.4, -0.2) is 55.6 Å². The van der Waals surface area contributed by atoms with Crippen molar-refractivity contribution in [3.63, 3.8) is 0 Å². The van der Waals surface area contributed by atoms with Crippen molar-refractivity contribution in [1.82, 2.24) is 4.90 Å². The molecule has 286 valence electrons. The van der Waals surface area contributed by atoms with Gasteiger partial charge >= 0.3 is 5.97 Å². The number of unbranched alkanes of at least 4 members (excludes halogenated alkanes) is 18. The lowest BCUT2D eigenvalue weighted by Gasteiger charge is -2.33. The molecule has 0 bridgehead atoms. The summed E-state index contributed by atoms with van der Waals surface area (Å²) in [6.45, 7) is 5.89. The van der Waals surface area contributed by atoms with Gasteiger partial charge in [0.2, 0.25) is 0 Å². The second kappa shape index (κ2) is 37.6. The van der Waals surface area contributed by atoms with Gasteiger partial charge in [-0.05, 0) is 90.5 Å². The van der Waals surface area contributed by atoms with E-state index in [0.717, 1.165) is 44.9 Å². The molecule has 5 nitrogen and oxygen atoms in total. The maximum absolute atomic E-state index is 11.0. The molecule has 0 aromatic heterocycles. The number of carboxylic acids is 1. The molecule has 0 atom stereocenters. The fraction of sp³-hybridized carbons (Fsp3) is 0.795. The maximum atomic E-state index is 11.0. The zero-order valence-corrected chi connectivity index (χ0v) is 33.0. The summed E-state index contributed by atoms with van der Waals surface area (Å²) >= 11 is 0. The number of methoxy groups -OCH3 is 1. The minimum atomic E-state index is -0.788. The topological polar surface area (TPSA) is 59.0 Å². The van der Waals surface area contributed by atoms with E-state index in [4.69, 9.17) is 14.6 Å². The van der Waals surface area contributed by atoms with E-state index >= 15 is 0 Å². The molecule has 0 fully saturated rings. The van der Waals surface area contributed by atoms with Crippen molar-refractivity contribution in [2.75, 3.05) is 33.9 Å². The highest BCUT2D eigenvalue weighted by atomic mass is 16.7. The number of nitrogens with zero attached hydrogens (tertiary/aromatic N) is 1. The first kappa shape index (κ1) is 47.3. The van der Waals surface area contributed by atoms with E-state index in [1.165, 1.54) is 128 Å². The number of allylic oxidation sites excluding steroid dienone is 8. The summed E-state index contributed by atoms with van der Waals surface area (Å²) < 4.78 is 12.6. The normalized spacial score (nSPS) is 13.7. The van der Waals surface area contributed by atoms with Crippen molar-refractivity contribution in [2.24, 2.45) is 0 Å². The standard InChI is InChI=1S/C44H81NO4/c1-5-7-9-11-13-15-17-19-21-23-25-27-29-31-33-35-38-44(48-4,49-41-37-40-45(3)42-43(46)47)39-36-34-32-30-28-26-24-22-20-18-16-14-12-10-8-6-2/h13-16,19-22H,5-12,17-18,23-42H2,1-4H3,(H,46,47). The molecule has 0 aliphatic rings. The Balaban J connectivity index is 4.30. The number of hydrogen-bond donors (Lipinski definition) is 1. The molecule has 0 amide bonds. The maximum Gasteiger partial charge on any atom is 0.317 e. The highest BCUT2D eigenvalue weighted by Gasteiger charge is 2.29. The van der Waals surface area contributed by atoms with Gasteiger partial charge in [-0.25, -0.2) is 0 Å². The quantitative estimate of drug-likeness (QED) is 0.0398. The Morgan fingerprint density at radius 1 is 0.571 bits per heavy atom. The van der Waals surface area contributed by atoms with E-state index in [9.17, 15) is 4.79 Å². The first-order chi connectivity index (χ1) is 24.0. The summed E-state index contributed by atoms with van der Waals surface area (Å²) in [5.74, 6) is -1.31. The lowest BCUT2D eigenvalue weighted by molar-refractivity contribution is -0.232. The summed E-state index contributed by atoms with van der Waals surface area (Å²) in [5.41, 5.74) is 0. The van der Waals surface area contributed by atoms with Crippen molar-refractivity contribution in [1.29, 1.82) is 0 Å². The lowest BCUT2D eigenvalue weighted by Crippen LogP contribution is -2.36. The smallest absolute Gasteiger partial charge is 0.317 e. The molecule has 0 aliphatic carbocycles. The van der Waals surface area contributed by atoms with Crippen molar-refractivity contribution < 1.29 is 19.4 Å². The minimum absolute atomic E-state index is 0.0646. The molecule has 49 heavy (non-hydrogen) atoms. The Morgan fingerprint density at radius 2 is 0.959 bits per heavy atom.